The van der Waals surface area contributed by atoms with Crippen LogP contribution in [-0.4, -0.2) is 20.9 Å². The molecule has 0 atom stereocenters. The number of carboxylic acid groups (broad SMARTS) is 1. The van der Waals surface area contributed by atoms with E-state index in [9.17, 15) is 4.79 Å². The molecule has 0 aliphatic carbocycles. The minimum Gasteiger partial charge on any atom is -0.478 e. The molecule has 0 amide bonds. The van der Waals surface area contributed by atoms with Crippen LogP contribution in [0, 0.1) is 6.92 Å². The van der Waals surface area contributed by atoms with Crippen LogP contribution >= 0.6 is 11.6 Å². The Morgan fingerprint density at radius 3 is 2.61 bits per heavy atom. The number of hydrogen-bond donors (Lipinski definition) is 1. The number of nitrogens with zero attached hydrogens (tertiary/aromatic N) is 2. The number of aromatic carboxylic acids is 1. The first-order valence-corrected chi connectivity index (χ1v) is 6.00. The van der Waals surface area contributed by atoms with E-state index < -0.39 is 5.97 Å². The van der Waals surface area contributed by atoms with Gasteiger partial charge in [-0.25, -0.2) is 9.48 Å². The lowest BCUT2D eigenvalue weighted by Crippen LogP contribution is -2.00. The Hall–Kier alpha value is -1.81. The number of aryl methyl sites for hydroxylation is 2. The lowest BCUT2D eigenvalue weighted by atomic mass is 10.2. The minimum absolute atomic E-state index is 0.0856. The molecule has 2 rings (SSSR count). The third kappa shape index (κ3) is 1.99. The van der Waals surface area contributed by atoms with E-state index >= 15 is 0 Å². The molecular weight excluding hydrogens is 252 g/mol. The smallest absolute Gasteiger partial charge is 0.340 e. The maximum atomic E-state index is 11.2. The van der Waals surface area contributed by atoms with Gasteiger partial charge >= 0.3 is 5.97 Å². The molecule has 0 spiro atoms. The van der Waals surface area contributed by atoms with Crippen LogP contribution in [0.5, 0.6) is 0 Å². The molecule has 0 aliphatic heterocycles. The highest BCUT2D eigenvalue weighted by Crippen LogP contribution is 2.25. The molecule has 0 bridgehead atoms. The Kier molecular flexibility index (Phi) is 3.39. The molecule has 4 nitrogen and oxygen atoms in total. The molecule has 0 saturated heterocycles. The molecule has 5 heteroatoms. The number of aromatic nitrogens is 2. The van der Waals surface area contributed by atoms with Crippen LogP contribution in [0.4, 0.5) is 0 Å². The van der Waals surface area contributed by atoms with Gasteiger partial charge < -0.3 is 5.11 Å². The minimum atomic E-state index is -1.04. The molecule has 1 aromatic carbocycles. The summed E-state index contributed by atoms with van der Waals surface area (Å²) in [6, 6.07) is 7.57. The highest BCUT2D eigenvalue weighted by molar-refractivity contribution is 6.33. The van der Waals surface area contributed by atoms with Crippen molar-refractivity contribution in [3.8, 4) is 5.69 Å². The van der Waals surface area contributed by atoms with Gasteiger partial charge in [0, 0.05) is 0 Å². The van der Waals surface area contributed by atoms with Gasteiger partial charge in [0.1, 0.15) is 10.7 Å². The molecule has 0 unspecified atom stereocenters. The molecule has 1 aromatic heterocycles. The van der Waals surface area contributed by atoms with E-state index in [1.807, 2.05) is 38.1 Å². The number of halogens is 1. The van der Waals surface area contributed by atoms with Crippen LogP contribution in [-0.2, 0) is 6.42 Å². The molecule has 0 aliphatic rings. The van der Waals surface area contributed by atoms with Crippen molar-refractivity contribution in [1.82, 2.24) is 9.78 Å². The van der Waals surface area contributed by atoms with Gasteiger partial charge in [0.15, 0.2) is 0 Å². The SMILES string of the molecule is CCc1nn(-c2ccccc2C)c(Cl)c1C(=O)O. The van der Waals surface area contributed by atoms with Gasteiger partial charge in [0.25, 0.3) is 0 Å². The van der Waals surface area contributed by atoms with E-state index in [0.29, 0.717) is 12.1 Å². The fourth-order valence-electron chi connectivity index (χ4n) is 1.86. The molecular formula is C13H13ClN2O2. The normalized spacial score (nSPS) is 10.6. The van der Waals surface area contributed by atoms with Crippen LogP contribution in [0.3, 0.4) is 0 Å². The number of rotatable bonds is 3. The zero-order valence-electron chi connectivity index (χ0n) is 10.1. The van der Waals surface area contributed by atoms with E-state index in [2.05, 4.69) is 5.10 Å². The zero-order valence-corrected chi connectivity index (χ0v) is 10.9. The summed E-state index contributed by atoms with van der Waals surface area (Å²) in [5.74, 6) is -1.04. The van der Waals surface area contributed by atoms with Gasteiger partial charge in [-0.1, -0.05) is 36.7 Å². The highest BCUT2D eigenvalue weighted by atomic mass is 35.5. The fraction of sp³-hybridized carbons (Fsp3) is 0.231. The topological polar surface area (TPSA) is 55.1 Å². The summed E-state index contributed by atoms with van der Waals surface area (Å²) in [4.78, 5) is 11.2. The predicted octanol–water partition coefficient (Wildman–Crippen LogP) is 3.09. The van der Waals surface area contributed by atoms with Crippen LogP contribution < -0.4 is 0 Å². The summed E-state index contributed by atoms with van der Waals surface area (Å²) in [5.41, 5.74) is 2.37. The quantitative estimate of drug-likeness (QED) is 0.927. The van der Waals surface area contributed by atoms with E-state index in [1.165, 1.54) is 4.68 Å². The maximum Gasteiger partial charge on any atom is 0.340 e. The van der Waals surface area contributed by atoms with Gasteiger partial charge in [0.2, 0.25) is 0 Å². The third-order valence-electron chi connectivity index (χ3n) is 2.79. The number of carbonyl (C=O) groups is 1. The average Bonchev–Trinajstić information content (AvgIpc) is 2.67. The Morgan fingerprint density at radius 2 is 2.11 bits per heavy atom. The molecule has 0 saturated carbocycles. The van der Waals surface area contributed by atoms with E-state index in [4.69, 9.17) is 16.7 Å². The second-order valence-electron chi connectivity index (χ2n) is 3.97. The van der Waals surface area contributed by atoms with Crippen molar-refractivity contribution in [1.29, 1.82) is 0 Å². The van der Waals surface area contributed by atoms with Gasteiger partial charge in [-0.05, 0) is 25.0 Å². The van der Waals surface area contributed by atoms with Crippen molar-refractivity contribution in [2.24, 2.45) is 0 Å². The fourth-order valence-corrected chi connectivity index (χ4v) is 2.18. The van der Waals surface area contributed by atoms with Crippen LogP contribution in [0.25, 0.3) is 5.69 Å². The standard InChI is InChI=1S/C13H13ClN2O2/c1-3-9-11(13(17)18)12(14)16(15-9)10-7-5-4-6-8(10)2/h4-7H,3H2,1-2H3,(H,17,18). The van der Waals surface area contributed by atoms with Crippen molar-refractivity contribution in [3.63, 3.8) is 0 Å². The van der Waals surface area contributed by atoms with E-state index in [1.54, 1.807) is 0 Å². The first-order chi connectivity index (χ1) is 8.56. The van der Waals surface area contributed by atoms with Gasteiger partial charge in [0.05, 0.1) is 11.4 Å². The molecule has 0 radical (unpaired) electrons. The summed E-state index contributed by atoms with van der Waals surface area (Å²) in [7, 11) is 0. The molecule has 0 fully saturated rings. The summed E-state index contributed by atoms with van der Waals surface area (Å²) in [6.07, 6.45) is 0.528. The first-order valence-electron chi connectivity index (χ1n) is 5.63. The summed E-state index contributed by atoms with van der Waals surface area (Å²) >= 11 is 6.13. The Bertz CT molecular complexity index is 605. The monoisotopic (exact) mass is 264 g/mol. The number of benzene rings is 1. The van der Waals surface area contributed by atoms with Crippen molar-refractivity contribution in [3.05, 3.63) is 46.2 Å². The second kappa shape index (κ2) is 4.82. The lowest BCUT2D eigenvalue weighted by molar-refractivity contribution is 0.0696. The first kappa shape index (κ1) is 12.6. The maximum absolute atomic E-state index is 11.2. The number of carboxylic acids is 1. The predicted molar refractivity (Wildman–Crippen MR) is 69.6 cm³/mol. The number of hydrogen-bond acceptors (Lipinski definition) is 2. The number of para-hydroxylation sites is 1. The van der Waals surface area contributed by atoms with Crippen molar-refractivity contribution < 1.29 is 9.90 Å². The van der Waals surface area contributed by atoms with Crippen molar-refractivity contribution in [2.45, 2.75) is 20.3 Å². The summed E-state index contributed by atoms with van der Waals surface area (Å²) < 4.78 is 1.49. The van der Waals surface area contributed by atoms with E-state index in [0.717, 1.165) is 11.3 Å². The third-order valence-corrected chi connectivity index (χ3v) is 3.14. The van der Waals surface area contributed by atoms with Crippen LogP contribution in [0.2, 0.25) is 5.15 Å². The molecule has 18 heavy (non-hydrogen) atoms. The van der Waals surface area contributed by atoms with Gasteiger partial charge in [-0.3, -0.25) is 0 Å². The molecule has 1 N–H and O–H groups in total. The lowest BCUT2D eigenvalue weighted by Gasteiger charge is -2.06. The Balaban J connectivity index is 2.67. The highest BCUT2D eigenvalue weighted by Gasteiger charge is 2.22. The van der Waals surface area contributed by atoms with Gasteiger partial charge in [-0.15, -0.1) is 0 Å². The van der Waals surface area contributed by atoms with Gasteiger partial charge in [-0.2, -0.15) is 5.10 Å². The average molecular weight is 265 g/mol. The summed E-state index contributed by atoms with van der Waals surface area (Å²) in [5, 5.41) is 13.6. The van der Waals surface area contributed by atoms with Crippen molar-refractivity contribution >= 4 is 17.6 Å². The summed E-state index contributed by atoms with van der Waals surface area (Å²) in [6.45, 7) is 3.78. The molecule has 2 aromatic rings. The Morgan fingerprint density at radius 1 is 1.44 bits per heavy atom. The Labute approximate surface area is 110 Å². The van der Waals surface area contributed by atoms with E-state index in [-0.39, 0.29) is 10.7 Å². The molecule has 1 heterocycles. The molecule has 94 valence electrons. The van der Waals surface area contributed by atoms with Crippen LogP contribution in [0.1, 0.15) is 28.5 Å². The van der Waals surface area contributed by atoms with Crippen LogP contribution in [0.15, 0.2) is 24.3 Å². The zero-order chi connectivity index (χ0) is 13.3. The second-order valence-corrected chi connectivity index (χ2v) is 4.33. The van der Waals surface area contributed by atoms with Crippen molar-refractivity contribution in [2.75, 3.05) is 0 Å². The largest absolute Gasteiger partial charge is 0.478 e.